The summed E-state index contributed by atoms with van der Waals surface area (Å²) in [4.78, 5) is 19.3. The molecule has 0 amide bonds. The SMILES string of the molecule is O=C(O)c1cccnc1SCc1noc(-c2ccco2)n1. The molecule has 0 aliphatic rings. The minimum absolute atomic E-state index is 0.150. The molecule has 0 spiro atoms. The summed E-state index contributed by atoms with van der Waals surface area (Å²) in [5.74, 6) is 0.544. The van der Waals surface area contributed by atoms with E-state index in [0.717, 1.165) is 0 Å². The number of carboxylic acid groups (broad SMARTS) is 1. The molecule has 0 saturated heterocycles. The Bertz CT molecular complexity index is 754. The van der Waals surface area contributed by atoms with Crippen molar-refractivity contribution in [2.75, 3.05) is 0 Å². The maximum atomic E-state index is 11.1. The van der Waals surface area contributed by atoms with Crippen LogP contribution in [0.25, 0.3) is 11.7 Å². The van der Waals surface area contributed by atoms with Crippen LogP contribution in [0.1, 0.15) is 16.2 Å². The van der Waals surface area contributed by atoms with Crippen molar-refractivity contribution < 1.29 is 18.8 Å². The van der Waals surface area contributed by atoms with Crippen LogP contribution in [-0.2, 0) is 5.75 Å². The summed E-state index contributed by atoms with van der Waals surface area (Å²) >= 11 is 1.23. The van der Waals surface area contributed by atoms with Gasteiger partial charge in [0, 0.05) is 6.20 Å². The van der Waals surface area contributed by atoms with E-state index in [2.05, 4.69) is 15.1 Å². The summed E-state index contributed by atoms with van der Waals surface area (Å²) in [7, 11) is 0. The fourth-order valence-corrected chi connectivity index (χ4v) is 2.44. The average molecular weight is 303 g/mol. The highest BCUT2D eigenvalue weighted by Gasteiger charge is 2.14. The minimum Gasteiger partial charge on any atom is -0.478 e. The molecule has 106 valence electrons. The Hall–Kier alpha value is -2.61. The fourth-order valence-electron chi connectivity index (χ4n) is 1.61. The second-order valence-corrected chi connectivity index (χ2v) is 4.91. The zero-order valence-corrected chi connectivity index (χ0v) is 11.4. The summed E-state index contributed by atoms with van der Waals surface area (Å²) < 4.78 is 10.2. The van der Waals surface area contributed by atoms with Crippen LogP contribution < -0.4 is 0 Å². The van der Waals surface area contributed by atoms with E-state index < -0.39 is 5.97 Å². The van der Waals surface area contributed by atoms with Crippen molar-refractivity contribution in [2.45, 2.75) is 10.8 Å². The highest BCUT2D eigenvalue weighted by Crippen LogP contribution is 2.24. The number of rotatable bonds is 5. The summed E-state index contributed by atoms with van der Waals surface area (Å²) in [5, 5.41) is 13.3. The number of aromatic nitrogens is 3. The fraction of sp³-hybridized carbons (Fsp3) is 0.0769. The molecule has 0 radical (unpaired) electrons. The lowest BCUT2D eigenvalue weighted by atomic mass is 10.3. The van der Waals surface area contributed by atoms with E-state index in [0.29, 0.717) is 22.4 Å². The Morgan fingerprint density at radius 2 is 2.24 bits per heavy atom. The number of carbonyl (C=O) groups is 1. The molecular formula is C13H9N3O4S. The van der Waals surface area contributed by atoms with Crippen LogP contribution in [0.5, 0.6) is 0 Å². The van der Waals surface area contributed by atoms with Crippen LogP contribution in [0, 0.1) is 0 Å². The van der Waals surface area contributed by atoms with Crippen molar-refractivity contribution in [3.63, 3.8) is 0 Å². The number of pyridine rings is 1. The van der Waals surface area contributed by atoms with Gasteiger partial charge in [0.2, 0.25) is 0 Å². The van der Waals surface area contributed by atoms with Gasteiger partial charge < -0.3 is 14.0 Å². The van der Waals surface area contributed by atoms with E-state index in [1.807, 2.05) is 0 Å². The van der Waals surface area contributed by atoms with Crippen molar-refractivity contribution >= 4 is 17.7 Å². The van der Waals surface area contributed by atoms with Gasteiger partial charge in [0.25, 0.3) is 5.89 Å². The molecule has 0 saturated carbocycles. The minimum atomic E-state index is -1.02. The lowest BCUT2D eigenvalue weighted by molar-refractivity contribution is 0.0692. The molecule has 3 aromatic heterocycles. The molecule has 0 fully saturated rings. The first-order valence-electron chi connectivity index (χ1n) is 5.91. The number of hydrogen-bond acceptors (Lipinski definition) is 7. The number of aromatic carboxylic acids is 1. The van der Waals surface area contributed by atoms with Gasteiger partial charge in [-0.15, -0.1) is 0 Å². The van der Waals surface area contributed by atoms with Gasteiger partial charge in [0.15, 0.2) is 11.6 Å². The summed E-state index contributed by atoms with van der Waals surface area (Å²) in [6.07, 6.45) is 3.06. The molecule has 0 atom stereocenters. The van der Waals surface area contributed by atoms with Gasteiger partial charge in [-0.3, -0.25) is 0 Å². The van der Waals surface area contributed by atoms with Crippen LogP contribution in [0.3, 0.4) is 0 Å². The Labute approximate surface area is 123 Å². The maximum Gasteiger partial charge on any atom is 0.338 e. The zero-order valence-electron chi connectivity index (χ0n) is 10.6. The number of thioether (sulfide) groups is 1. The molecule has 1 N–H and O–H groups in total. The Balaban J connectivity index is 1.73. The monoisotopic (exact) mass is 303 g/mol. The highest BCUT2D eigenvalue weighted by atomic mass is 32.2. The van der Waals surface area contributed by atoms with Crippen molar-refractivity contribution in [1.82, 2.24) is 15.1 Å². The molecule has 0 bridgehead atoms. The average Bonchev–Trinajstić information content (AvgIpc) is 3.16. The first-order valence-corrected chi connectivity index (χ1v) is 6.90. The first kappa shape index (κ1) is 13.4. The number of hydrogen-bond donors (Lipinski definition) is 1. The van der Waals surface area contributed by atoms with Crippen molar-refractivity contribution in [3.8, 4) is 11.7 Å². The van der Waals surface area contributed by atoms with Gasteiger partial charge >= 0.3 is 5.97 Å². The summed E-state index contributed by atoms with van der Waals surface area (Å²) in [5.41, 5.74) is 0.150. The number of nitrogens with zero attached hydrogens (tertiary/aromatic N) is 3. The molecule has 7 nitrogen and oxygen atoms in total. The van der Waals surface area contributed by atoms with E-state index in [4.69, 9.17) is 14.0 Å². The Morgan fingerprint density at radius 1 is 1.33 bits per heavy atom. The molecule has 0 aromatic carbocycles. The second-order valence-electron chi connectivity index (χ2n) is 3.94. The highest BCUT2D eigenvalue weighted by molar-refractivity contribution is 7.98. The van der Waals surface area contributed by atoms with Crippen molar-refractivity contribution in [1.29, 1.82) is 0 Å². The molecule has 0 aliphatic carbocycles. The van der Waals surface area contributed by atoms with E-state index in [1.165, 1.54) is 24.1 Å². The maximum absolute atomic E-state index is 11.1. The Morgan fingerprint density at radius 3 is 3.00 bits per heavy atom. The summed E-state index contributed by atoms with van der Waals surface area (Å²) in [6, 6.07) is 6.52. The van der Waals surface area contributed by atoms with Gasteiger partial charge in [-0.05, 0) is 24.3 Å². The quantitative estimate of drug-likeness (QED) is 0.718. The molecule has 3 rings (SSSR count). The van der Waals surface area contributed by atoms with Gasteiger partial charge in [-0.2, -0.15) is 4.98 Å². The molecule has 21 heavy (non-hydrogen) atoms. The zero-order chi connectivity index (χ0) is 14.7. The van der Waals surface area contributed by atoms with E-state index in [1.54, 1.807) is 24.4 Å². The third kappa shape index (κ3) is 2.95. The van der Waals surface area contributed by atoms with Gasteiger partial charge in [0.05, 0.1) is 17.6 Å². The third-order valence-electron chi connectivity index (χ3n) is 2.54. The van der Waals surface area contributed by atoms with Crippen LogP contribution >= 0.6 is 11.8 Å². The molecule has 0 aliphatic heterocycles. The van der Waals surface area contributed by atoms with Crippen molar-refractivity contribution in [3.05, 3.63) is 48.1 Å². The van der Waals surface area contributed by atoms with Crippen molar-refractivity contribution in [2.24, 2.45) is 0 Å². The first-order chi connectivity index (χ1) is 10.2. The molecular weight excluding hydrogens is 294 g/mol. The second kappa shape index (κ2) is 5.80. The largest absolute Gasteiger partial charge is 0.478 e. The predicted octanol–water partition coefficient (Wildman–Crippen LogP) is 2.72. The molecule has 3 heterocycles. The molecule has 8 heteroatoms. The van der Waals surface area contributed by atoms with E-state index in [9.17, 15) is 4.79 Å². The Kier molecular flexibility index (Phi) is 3.69. The lowest BCUT2D eigenvalue weighted by Gasteiger charge is -2.01. The third-order valence-corrected chi connectivity index (χ3v) is 3.54. The lowest BCUT2D eigenvalue weighted by Crippen LogP contribution is -2.00. The predicted molar refractivity (Wildman–Crippen MR) is 72.8 cm³/mol. The molecule has 0 unspecified atom stereocenters. The topological polar surface area (TPSA) is 102 Å². The van der Waals surface area contributed by atoms with E-state index >= 15 is 0 Å². The van der Waals surface area contributed by atoms with Crippen LogP contribution in [0.4, 0.5) is 0 Å². The van der Waals surface area contributed by atoms with Gasteiger partial charge in [-0.25, -0.2) is 9.78 Å². The number of carboxylic acids is 1. The standard InChI is InChI=1S/C13H9N3O4S/c17-13(18)8-3-1-5-14-12(8)21-7-10-15-11(20-16-10)9-4-2-6-19-9/h1-6H,7H2,(H,17,18). The van der Waals surface area contributed by atoms with Crippen LogP contribution in [0.15, 0.2) is 50.7 Å². The van der Waals surface area contributed by atoms with Gasteiger partial charge in [-0.1, -0.05) is 16.9 Å². The molecule has 3 aromatic rings. The number of furan rings is 1. The van der Waals surface area contributed by atoms with Gasteiger partial charge in [0.1, 0.15) is 5.03 Å². The summed E-state index contributed by atoms with van der Waals surface area (Å²) in [6.45, 7) is 0. The van der Waals surface area contributed by atoms with Crippen LogP contribution in [0.2, 0.25) is 0 Å². The normalized spacial score (nSPS) is 10.7. The van der Waals surface area contributed by atoms with Crippen LogP contribution in [-0.4, -0.2) is 26.2 Å². The van der Waals surface area contributed by atoms with E-state index in [-0.39, 0.29) is 11.5 Å². The smallest absolute Gasteiger partial charge is 0.338 e.